The van der Waals surface area contributed by atoms with E-state index in [2.05, 4.69) is 21.2 Å². The lowest BCUT2D eigenvalue weighted by Gasteiger charge is -2.06. The summed E-state index contributed by atoms with van der Waals surface area (Å²) in [5, 5.41) is 2.85. The topological polar surface area (TPSA) is 29.1 Å². The van der Waals surface area contributed by atoms with Crippen LogP contribution >= 0.6 is 15.9 Å². The van der Waals surface area contributed by atoms with Gasteiger partial charge in [-0.25, -0.2) is 8.78 Å². The van der Waals surface area contributed by atoms with E-state index in [4.69, 9.17) is 0 Å². The zero-order chi connectivity index (χ0) is 16.4. The Bertz CT molecular complexity index is 697. The minimum Gasteiger partial charge on any atom is -0.356 e. The summed E-state index contributed by atoms with van der Waals surface area (Å²) in [5.41, 5.74) is 1.71. The largest absolute Gasteiger partial charge is 0.356 e. The predicted molar refractivity (Wildman–Crippen MR) is 88.1 cm³/mol. The SMILES string of the molecule is O=C(NCCc1cc(F)cc(F)c1)C1CC1c1ccc(Br)cc1. The fraction of sp³-hybridized carbons (Fsp3) is 0.278. The van der Waals surface area contributed by atoms with Crippen LogP contribution in [-0.4, -0.2) is 12.5 Å². The first-order valence-electron chi connectivity index (χ1n) is 7.51. The molecule has 1 N–H and O–H groups in total. The highest BCUT2D eigenvalue weighted by Crippen LogP contribution is 2.47. The van der Waals surface area contributed by atoms with Gasteiger partial charge in [0, 0.05) is 23.0 Å². The zero-order valence-electron chi connectivity index (χ0n) is 12.4. The Kier molecular flexibility index (Phi) is 4.76. The molecule has 2 aromatic rings. The third-order valence-electron chi connectivity index (χ3n) is 4.06. The van der Waals surface area contributed by atoms with Crippen LogP contribution in [-0.2, 0) is 11.2 Å². The van der Waals surface area contributed by atoms with E-state index in [0.29, 0.717) is 18.5 Å². The molecule has 1 amide bonds. The average Bonchev–Trinajstić information content (AvgIpc) is 3.27. The van der Waals surface area contributed by atoms with Crippen LogP contribution in [0.5, 0.6) is 0 Å². The zero-order valence-corrected chi connectivity index (χ0v) is 13.9. The van der Waals surface area contributed by atoms with Crippen molar-refractivity contribution in [1.29, 1.82) is 0 Å². The summed E-state index contributed by atoms with van der Waals surface area (Å²) < 4.78 is 27.2. The van der Waals surface area contributed by atoms with Crippen LogP contribution in [0.15, 0.2) is 46.9 Å². The minimum absolute atomic E-state index is 0.000390. The highest BCUT2D eigenvalue weighted by molar-refractivity contribution is 9.10. The molecule has 0 bridgehead atoms. The van der Waals surface area contributed by atoms with E-state index in [-0.39, 0.29) is 17.7 Å². The lowest BCUT2D eigenvalue weighted by molar-refractivity contribution is -0.122. The van der Waals surface area contributed by atoms with Gasteiger partial charge < -0.3 is 5.32 Å². The number of carbonyl (C=O) groups is 1. The van der Waals surface area contributed by atoms with Crippen molar-refractivity contribution in [2.75, 3.05) is 6.54 Å². The van der Waals surface area contributed by atoms with Gasteiger partial charge in [-0.2, -0.15) is 0 Å². The minimum atomic E-state index is -0.594. The molecule has 0 aromatic heterocycles. The number of rotatable bonds is 5. The molecule has 1 fully saturated rings. The quantitative estimate of drug-likeness (QED) is 0.828. The lowest BCUT2D eigenvalue weighted by Crippen LogP contribution is -2.27. The molecule has 1 saturated carbocycles. The van der Waals surface area contributed by atoms with Gasteiger partial charge in [-0.05, 0) is 54.2 Å². The van der Waals surface area contributed by atoms with E-state index in [1.165, 1.54) is 17.7 Å². The summed E-state index contributed by atoms with van der Waals surface area (Å²) in [5.74, 6) is -0.905. The molecule has 3 rings (SSSR count). The first-order chi connectivity index (χ1) is 11.0. The summed E-state index contributed by atoms with van der Waals surface area (Å²) in [6, 6.07) is 11.4. The molecule has 2 atom stereocenters. The standard InChI is InChI=1S/C18H16BrF2NO/c19-13-3-1-12(2-4-13)16-10-17(16)18(23)22-6-5-11-7-14(20)9-15(21)8-11/h1-4,7-9,16-17H,5-6,10H2,(H,22,23). The third-order valence-corrected chi connectivity index (χ3v) is 4.59. The van der Waals surface area contributed by atoms with Crippen LogP contribution in [0.2, 0.25) is 0 Å². The van der Waals surface area contributed by atoms with Gasteiger partial charge in [0.1, 0.15) is 11.6 Å². The van der Waals surface area contributed by atoms with Crippen LogP contribution in [0, 0.1) is 17.6 Å². The molecule has 5 heteroatoms. The molecular formula is C18H16BrF2NO. The second kappa shape index (κ2) is 6.79. The van der Waals surface area contributed by atoms with Crippen LogP contribution in [0.4, 0.5) is 8.78 Å². The molecule has 120 valence electrons. The molecular weight excluding hydrogens is 364 g/mol. The molecule has 0 heterocycles. The van der Waals surface area contributed by atoms with Gasteiger partial charge in [-0.3, -0.25) is 4.79 Å². The third kappa shape index (κ3) is 4.16. The van der Waals surface area contributed by atoms with E-state index in [0.717, 1.165) is 17.0 Å². The number of amides is 1. The Morgan fingerprint density at radius 2 is 1.78 bits per heavy atom. The van der Waals surface area contributed by atoms with Crippen LogP contribution in [0.25, 0.3) is 0 Å². The van der Waals surface area contributed by atoms with Crippen molar-refractivity contribution in [3.8, 4) is 0 Å². The molecule has 2 aromatic carbocycles. The molecule has 0 saturated heterocycles. The smallest absolute Gasteiger partial charge is 0.223 e. The number of carbonyl (C=O) groups excluding carboxylic acids is 1. The first-order valence-corrected chi connectivity index (χ1v) is 8.30. The molecule has 0 radical (unpaired) electrons. The molecule has 23 heavy (non-hydrogen) atoms. The van der Waals surface area contributed by atoms with E-state index < -0.39 is 11.6 Å². The van der Waals surface area contributed by atoms with Crippen molar-refractivity contribution in [2.45, 2.75) is 18.8 Å². The van der Waals surface area contributed by atoms with Crippen LogP contribution in [0.3, 0.4) is 0 Å². The highest BCUT2D eigenvalue weighted by Gasteiger charge is 2.43. The van der Waals surface area contributed by atoms with Crippen LogP contribution < -0.4 is 5.32 Å². The number of hydrogen-bond acceptors (Lipinski definition) is 1. The predicted octanol–water partition coefficient (Wildman–Crippen LogP) is 4.19. The Morgan fingerprint density at radius 3 is 2.43 bits per heavy atom. The Hall–Kier alpha value is -1.75. The summed E-state index contributed by atoms with van der Waals surface area (Å²) in [6.45, 7) is 0.380. The number of halogens is 3. The maximum Gasteiger partial charge on any atom is 0.223 e. The molecule has 1 aliphatic carbocycles. The Labute approximate surface area is 142 Å². The highest BCUT2D eigenvalue weighted by atomic mass is 79.9. The molecule has 0 aliphatic heterocycles. The van der Waals surface area contributed by atoms with Crippen molar-refractivity contribution in [3.05, 3.63) is 69.7 Å². The normalized spacial score (nSPS) is 19.4. The average molecular weight is 380 g/mol. The Balaban J connectivity index is 1.48. The summed E-state index contributed by atoms with van der Waals surface area (Å²) in [6.07, 6.45) is 1.26. The van der Waals surface area contributed by atoms with Crippen LogP contribution in [0.1, 0.15) is 23.5 Å². The van der Waals surface area contributed by atoms with Gasteiger partial charge in [-0.15, -0.1) is 0 Å². The van der Waals surface area contributed by atoms with Gasteiger partial charge in [0.05, 0.1) is 0 Å². The first kappa shape index (κ1) is 16.1. The van der Waals surface area contributed by atoms with Gasteiger partial charge in [0.15, 0.2) is 0 Å². The summed E-state index contributed by atoms with van der Waals surface area (Å²) in [4.78, 5) is 12.1. The van der Waals surface area contributed by atoms with E-state index in [1.54, 1.807) is 0 Å². The van der Waals surface area contributed by atoms with Crippen molar-refractivity contribution >= 4 is 21.8 Å². The summed E-state index contributed by atoms with van der Waals surface area (Å²) in [7, 11) is 0. The van der Waals surface area contributed by atoms with E-state index >= 15 is 0 Å². The Morgan fingerprint density at radius 1 is 1.13 bits per heavy atom. The van der Waals surface area contributed by atoms with Gasteiger partial charge in [-0.1, -0.05) is 28.1 Å². The second-order valence-corrected chi connectivity index (χ2v) is 6.73. The van der Waals surface area contributed by atoms with Gasteiger partial charge in [0.2, 0.25) is 5.91 Å². The molecule has 0 spiro atoms. The van der Waals surface area contributed by atoms with E-state index in [9.17, 15) is 13.6 Å². The molecule has 1 aliphatic rings. The van der Waals surface area contributed by atoms with Crippen molar-refractivity contribution in [1.82, 2.24) is 5.32 Å². The number of nitrogens with one attached hydrogen (secondary N) is 1. The maximum absolute atomic E-state index is 13.1. The number of benzene rings is 2. The fourth-order valence-corrected chi connectivity index (χ4v) is 3.04. The molecule has 2 unspecified atom stereocenters. The monoisotopic (exact) mass is 379 g/mol. The summed E-state index contributed by atoms with van der Waals surface area (Å²) >= 11 is 3.39. The van der Waals surface area contributed by atoms with E-state index in [1.807, 2.05) is 24.3 Å². The van der Waals surface area contributed by atoms with Gasteiger partial charge >= 0.3 is 0 Å². The lowest BCUT2D eigenvalue weighted by atomic mass is 10.1. The molecule has 2 nitrogen and oxygen atoms in total. The van der Waals surface area contributed by atoms with Crippen molar-refractivity contribution in [3.63, 3.8) is 0 Å². The maximum atomic E-state index is 13.1. The second-order valence-electron chi connectivity index (χ2n) is 5.82. The van der Waals surface area contributed by atoms with Crippen molar-refractivity contribution in [2.24, 2.45) is 5.92 Å². The van der Waals surface area contributed by atoms with Crippen molar-refractivity contribution < 1.29 is 13.6 Å². The fourth-order valence-electron chi connectivity index (χ4n) is 2.78. The van der Waals surface area contributed by atoms with Gasteiger partial charge in [0.25, 0.3) is 0 Å². The number of hydrogen-bond donors (Lipinski definition) is 1.